The highest BCUT2D eigenvalue weighted by molar-refractivity contribution is 5.99. The minimum atomic E-state index is -0.104. The van der Waals surface area contributed by atoms with Gasteiger partial charge in [0.2, 0.25) is 6.79 Å². The lowest BCUT2D eigenvalue weighted by Gasteiger charge is -2.08. The molecule has 4 rings (SSSR count). The van der Waals surface area contributed by atoms with Crippen LogP contribution in [0.3, 0.4) is 0 Å². The van der Waals surface area contributed by atoms with E-state index in [-0.39, 0.29) is 12.7 Å². The summed E-state index contributed by atoms with van der Waals surface area (Å²) in [6.45, 7) is 1.17. The molecule has 3 aromatic carbocycles. The summed E-state index contributed by atoms with van der Waals surface area (Å²) in [7, 11) is 0. The van der Waals surface area contributed by atoms with Crippen LogP contribution in [0.4, 0.5) is 0 Å². The molecule has 0 radical (unpaired) electrons. The number of nitrogens with one attached hydrogen (secondary N) is 1. The fourth-order valence-electron chi connectivity index (χ4n) is 2.93. The Hall–Kier alpha value is -3.05. The molecule has 1 aliphatic rings. The van der Waals surface area contributed by atoms with E-state index in [0.717, 1.165) is 33.4 Å². The van der Waals surface area contributed by atoms with Crippen molar-refractivity contribution in [2.75, 3.05) is 19.9 Å². The van der Waals surface area contributed by atoms with Crippen molar-refractivity contribution >= 4 is 16.7 Å². The number of carbonyl (C=O) groups excluding carboxylic acids is 1. The maximum atomic E-state index is 12.1. The van der Waals surface area contributed by atoms with Gasteiger partial charge >= 0.3 is 0 Å². The van der Waals surface area contributed by atoms with Crippen LogP contribution in [0.15, 0.2) is 54.6 Å². The maximum absolute atomic E-state index is 12.1. The van der Waals surface area contributed by atoms with E-state index in [4.69, 9.17) is 15.2 Å². The van der Waals surface area contributed by atoms with Crippen LogP contribution in [-0.2, 0) is 0 Å². The summed E-state index contributed by atoms with van der Waals surface area (Å²) in [5, 5.41) is 4.88. The summed E-state index contributed by atoms with van der Waals surface area (Å²) in [5.41, 5.74) is 8.21. The topological polar surface area (TPSA) is 73.6 Å². The molecule has 0 aliphatic carbocycles. The third-order valence-electron chi connectivity index (χ3n) is 4.24. The second-order valence-electron chi connectivity index (χ2n) is 5.89. The van der Waals surface area contributed by atoms with Gasteiger partial charge in [0.05, 0.1) is 0 Å². The number of carbonyl (C=O) groups is 1. The van der Waals surface area contributed by atoms with Crippen LogP contribution in [0.2, 0.25) is 0 Å². The summed E-state index contributed by atoms with van der Waals surface area (Å²) in [4.78, 5) is 12.1. The van der Waals surface area contributed by atoms with E-state index in [1.54, 1.807) is 0 Å². The van der Waals surface area contributed by atoms with E-state index < -0.39 is 0 Å². The van der Waals surface area contributed by atoms with Crippen LogP contribution < -0.4 is 20.5 Å². The predicted octanol–water partition coefficient (Wildman–Crippen LogP) is 2.92. The summed E-state index contributed by atoms with van der Waals surface area (Å²) < 4.78 is 10.8. The first-order valence-corrected chi connectivity index (χ1v) is 8.17. The highest BCUT2D eigenvalue weighted by Gasteiger charge is 2.14. The van der Waals surface area contributed by atoms with Gasteiger partial charge in [-0.1, -0.05) is 24.3 Å². The minimum absolute atomic E-state index is 0.104. The van der Waals surface area contributed by atoms with Gasteiger partial charge in [-0.15, -0.1) is 0 Å². The van der Waals surface area contributed by atoms with Gasteiger partial charge < -0.3 is 20.5 Å². The zero-order chi connectivity index (χ0) is 17.2. The summed E-state index contributed by atoms with van der Waals surface area (Å²) in [6, 6.07) is 17.8. The van der Waals surface area contributed by atoms with E-state index in [2.05, 4.69) is 11.4 Å². The third-order valence-corrected chi connectivity index (χ3v) is 4.24. The monoisotopic (exact) mass is 334 g/mol. The van der Waals surface area contributed by atoms with Crippen molar-refractivity contribution in [2.24, 2.45) is 5.73 Å². The van der Waals surface area contributed by atoms with Crippen molar-refractivity contribution in [3.63, 3.8) is 0 Å². The lowest BCUT2D eigenvalue weighted by atomic mass is 9.99. The molecule has 1 heterocycles. The highest BCUT2D eigenvalue weighted by atomic mass is 16.7. The van der Waals surface area contributed by atoms with Gasteiger partial charge in [-0.05, 0) is 52.2 Å². The average molecular weight is 334 g/mol. The van der Waals surface area contributed by atoms with E-state index in [1.165, 1.54) is 0 Å². The first kappa shape index (κ1) is 15.5. The Morgan fingerprint density at radius 1 is 0.920 bits per heavy atom. The molecule has 0 bridgehead atoms. The number of rotatable bonds is 4. The van der Waals surface area contributed by atoms with Gasteiger partial charge in [0.15, 0.2) is 11.5 Å². The number of benzene rings is 3. The van der Waals surface area contributed by atoms with Crippen molar-refractivity contribution in [2.45, 2.75) is 0 Å². The van der Waals surface area contributed by atoms with Crippen LogP contribution in [0.1, 0.15) is 10.4 Å². The zero-order valence-electron chi connectivity index (χ0n) is 13.6. The molecule has 0 saturated carbocycles. The molecule has 0 atom stereocenters. The normalized spacial score (nSPS) is 12.4. The van der Waals surface area contributed by atoms with Crippen LogP contribution in [0.5, 0.6) is 11.5 Å². The molecule has 3 N–H and O–H groups in total. The van der Waals surface area contributed by atoms with Crippen LogP contribution in [0, 0.1) is 0 Å². The van der Waals surface area contributed by atoms with Crippen molar-refractivity contribution in [3.8, 4) is 22.6 Å². The molecule has 0 unspecified atom stereocenters. The van der Waals surface area contributed by atoms with Crippen molar-refractivity contribution in [3.05, 3.63) is 60.2 Å². The Labute approximate surface area is 145 Å². The standard InChI is InChI=1S/C20H18N2O3/c21-7-8-22-20(23)17-4-3-13-9-14(1-2-15(13)10-17)16-5-6-18-19(11-16)25-12-24-18/h1-6,9-11H,7-8,12,21H2,(H,22,23). The number of hydrogen-bond donors (Lipinski definition) is 2. The van der Waals surface area contributed by atoms with E-state index in [0.29, 0.717) is 18.7 Å². The quantitative estimate of drug-likeness (QED) is 0.769. The summed E-state index contributed by atoms with van der Waals surface area (Å²) >= 11 is 0. The number of hydrogen-bond acceptors (Lipinski definition) is 4. The molecule has 5 heteroatoms. The maximum Gasteiger partial charge on any atom is 0.251 e. The van der Waals surface area contributed by atoms with E-state index in [9.17, 15) is 4.79 Å². The molecule has 3 aromatic rings. The third kappa shape index (κ3) is 3.02. The molecule has 1 amide bonds. The van der Waals surface area contributed by atoms with Crippen molar-refractivity contribution < 1.29 is 14.3 Å². The smallest absolute Gasteiger partial charge is 0.251 e. The van der Waals surface area contributed by atoms with Crippen molar-refractivity contribution in [1.82, 2.24) is 5.32 Å². The second-order valence-corrected chi connectivity index (χ2v) is 5.89. The zero-order valence-corrected chi connectivity index (χ0v) is 13.6. The number of fused-ring (bicyclic) bond motifs is 2. The Balaban J connectivity index is 1.65. The van der Waals surface area contributed by atoms with Gasteiger partial charge in [0.1, 0.15) is 0 Å². The van der Waals surface area contributed by atoms with Gasteiger partial charge in [0, 0.05) is 18.7 Å². The summed E-state index contributed by atoms with van der Waals surface area (Å²) in [5.74, 6) is 1.44. The van der Waals surface area contributed by atoms with Gasteiger partial charge in [0.25, 0.3) is 5.91 Å². The highest BCUT2D eigenvalue weighted by Crippen LogP contribution is 2.36. The lowest BCUT2D eigenvalue weighted by Crippen LogP contribution is -2.28. The Bertz CT molecular complexity index is 953. The van der Waals surface area contributed by atoms with Gasteiger partial charge in [-0.3, -0.25) is 4.79 Å². The molecule has 5 nitrogen and oxygen atoms in total. The number of amides is 1. The Morgan fingerprint density at radius 2 is 1.64 bits per heavy atom. The molecule has 0 spiro atoms. The van der Waals surface area contributed by atoms with E-state index in [1.807, 2.05) is 48.5 Å². The molecular weight excluding hydrogens is 316 g/mol. The largest absolute Gasteiger partial charge is 0.454 e. The SMILES string of the molecule is NCCNC(=O)c1ccc2cc(-c3ccc4c(c3)OCO4)ccc2c1. The molecule has 25 heavy (non-hydrogen) atoms. The lowest BCUT2D eigenvalue weighted by molar-refractivity contribution is 0.0955. The van der Waals surface area contributed by atoms with Crippen molar-refractivity contribution in [1.29, 1.82) is 0 Å². The van der Waals surface area contributed by atoms with Gasteiger partial charge in [-0.25, -0.2) is 0 Å². The molecule has 126 valence electrons. The van der Waals surface area contributed by atoms with Crippen LogP contribution in [-0.4, -0.2) is 25.8 Å². The minimum Gasteiger partial charge on any atom is -0.454 e. The fraction of sp³-hybridized carbons (Fsp3) is 0.150. The molecule has 0 saturated heterocycles. The number of nitrogens with two attached hydrogens (primary N) is 1. The predicted molar refractivity (Wildman–Crippen MR) is 96.9 cm³/mol. The first-order valence-electron chi connectivity index (χ1n) is 8.17. The van der Waals surface area contributed by atoms with Crippen LogP contribution >= 0.6 is 0 Å². The van der Waals surface area contributed by atoms with E-state index >= 15 is 0 Å². The number of ether oxygens (including phenoxy) is 2. The summed E-state index contributed by atoms with van der Waals surface area (Å²) in [6.07, 6.45) is 0. The molecular formula is C20H18N2O3. The first-order chi connectivity index (χ1) is 12.2. The van der Waals surface area contributed by atoms with Crippen LogP contribution in [0.25, 0.3) is 21.9 Å². The molecule has 0 fully saturated rings. The Kier molecular flexibility index (Phi) is 3.99. The molecule has 1 aliphatic heterocycles. The average Bonchev–Trinajstić information content (AvgIpc) is 3.13. The Morgan fingerprint density at radius 3 is 2.52 bits per heavy atom. The second kappa shape index (κ2) is 6.45. The molecule has 0 aromatic heterocycles. The van der Waals surface area contributed by atoms with Gasteiger partial charge in [-0.2, -0.15) is 0 Å². The fourth-order valence-corrected chi connectivity index (χ4v) is 2.93.